The summed E-state index contributed by atoms with van der Waals surface area (Å²) in [6, 6.07) is 0. The van der Waals surface area contributed by atoms with Gasteiger partial charge < -0.3 is 9.47 Å². The predicted molar refractivity (Wildman–Crippen MR) is 56.8 cm³/mol. The molecule has 2 aromatic rings. The number of hydrogen-bond donors (Lipinski definition) is 0. The van der Waals surface area contributed by atoms with Crippen LogP contribution in [-0.4, -0.2) is 41.5 Å². The van der Waals surface area contributed by atoms with Crippen LogP contribution < -0.4 is 0 Å². The van der Waals surface area contributed by atoms with Gasteiger partial charge in [-0.25, -0.2) is 19.3 Å². The van der Waals surface area contributed by atoms with E-state index in [-0.39, 0.29) is 13.5 Å². The van der Waals surface area contributed by atoms with E-state index in [9.17, 15) is 9.59 Å². The average Bonchev–Trinajstić information content (AvgIpc) is 3.07. The molecule has 0 saturated heterocycles. The summed E-state index contributed by atoms with van der Waals surface area (Å²) < 4.78 is 12.2. The zero-order chi connectivity index (χ0) is 13.5. The Morgan fingerprint density at radius 3 is 1.74 bits per heavy atom. The zero-order valence-corrected chi connectivity index (χ0v) is 9.75. The Morgan fingerprint density at radius 1 is 0.895 bits per heavy atom. The fourth-order valence-electron chi connectivity index (χ4n) is 1.09. The minimum Gasteiger partial charge on any atom is -0.442 e. The molecule has 2 rings (SSSR count). The van der Waals surface area contributed by atoms with Crippen molar-refractivity contribution in [2.75, 3.05) is 0 Å². The Hall–Kier alpha value is -2.78. The summed E-state index contributed by atoms with van der Waals surface area (Å²) in [5.74, 6) is -1.42. The first kappa shape index (κ1) is 12.7. The van der Waals surface area contributed by atoms with Crippen molar-refractivity contribution in [3.63, 3.8) is 0 Å². The molecule has 2 aromatic heterocycles. The number of hydrogen-bond acceptors (Lipinski definition) is 8. The van der Waals surface area contributed by atoms with E-state index in [4.69, 9.17) is 9.47 Å². The highest BCUT2D eigenvalue weighted by Crippen LogP contribution is 1.94. The van der Waals surface area contributed by atoms with Crippen LogP contribution in [0.1, 0.15) is 6.42 Å². The summed E-state index contributed by atoms with van der Waals surface area (Å²) in [5, 5.41) is 7.46. The second-order valence-electron chi connectivity index (χ2n) is 3.34. The van der Waals surface area contributed by atoms with Gasteiger partial charge in [0, 0.05) is 0 Å². The number of ether oxygens (including phenoxy) is 2. The van der Waals surface area contributed by atoms with E-state index in [1.807, 2.05) is 0 Å². The first-order valence-corrected chi connectivity index (χ1v) is 5.20. The van der Waals surface area contributed by atoms with Gasteiger partial charge in [-0.3, -0.25) is 9.59 Å². The van der Waals surface area contributed by atoms with Crippen molar-refractivity contribution in [1.82, 2.24) is 29.5 Å². The summed E-state index contributed by atoms with van der Waals surface area (Å²) in [7, 11) is 0. The van der Waals surface area contributed by atoms with E-state index in [1.54, 1.807) is 0 Å². The Morgan fingerprint density at radius 2 is 1.37 bits per heavy atom. The third-order valence-corrected chi connectivity index (χ3v) is 1.94. The van der Waals surface area contributed by atoms with E-state index in [2.05, 4.69) is 20.2 Å². The van der Waals surface area contributed by atoms with Gasteiger partial charge in [0.2, 0.25) is 0 Å². The second-order valence-corrected chi connectivity index (χ2v) is 3.34. The van der Waals surface area contributed by atoms with E-state index < -0.39 is 18.4 Å². The van der Waals surface area contributed by atoms with Crippen LogP contribution in [0.25, 0.3) is 0 Å². The largest absolute Gasteiger partial charge is 0.442 e. The van der Waals surface area contributed by atoms with Crippen molar-refractivity contribution in [3.05, 3.63) is 25.3 Å². The molecule has 100 valence electrons. The van der Waals surface area contributed by atoms with E-state index in [0.29, 0.717) is 0 Å². The van der Waals surface area contributed by atoms with Crippen molar-refractivity contribution in [2.24, 2.45) is 0 Å². The standard InChI is InChI=1S/C9H10N6O4/c16-8(18-6-14-4-10-2-12-14)1-9(17)19-7-15-5-11-3-13-15/h2-5H,1,6-7H2. The average molecular weight is 266 g/mol. The second kappa shape index (κ2) is 6.23. The van der Waals surface area contributed by atoms with Crippen LogP contribution in [0, 0.1) is 0 Å². The Labute approximate surface area is 107 Å². The number of nitrogens with zero attached hydrogens (tertiary/aromatic N) is 6. The van der Waals surface area contributed by atoms with Crippen molar-refractivity contribution in [2.45, 2.75) is 19.9 Å². The molecule has 0 aliphatic heterocycles. The predicted octanol–water partition coefficient (Wildman–Crippen LogP) is -1.04. The molecule has 0 N–H and O–H groups in total. The van der Waals surface area contributed by atoms with Crippen LogP contribution in [0.5, 0.6) is 0 Å². The molecule has 0 amide bonds. The highest BCUT2D eigenvalue weighted by molar-refractivity contribution is 5.90. The molecule has 0 aliphatic carbocycles. The first-order chi connectivity index (χ1) is 9.24. The van der Waals surface area contributed by atoms with Crippen molar-refractivity contribution in [1.29, 1.82) is 0 Å². The number of carbonyl (C=O) groups is 2. The quantitative estimate of drug-likeness (QED) is 0.481. The fourth-order valence-corrected chi connectivity index (χ4v) is 1.09. The van der Waals surface area contributed by atoms with Crippen LogP contribution in [0.3, 0.4) is 0 Å². The van der Waals surface area contributed by atoms with Gasteiger partial charge in [-0.05, 0) is 0 Å². The molecule has 0 aliphatic rings. The molecule has 0 saturated carbocycles. The van der Waals surface area contributed by atoms with E-state index >= 15 is 0 Å². The van der Waals surface area contributed by atoms with Crippen LogP contribution in [0.15, 0.2) is 25.3 Å². The van der Waals surface area contributed by atoms with E-state index in [0.717, 1.165) is 0 Å². The normalized spacial score (nSPS) is 10.1. The topological polar surface area (TPSA) is 114 Å². The maximum Gasteiger partial charge on any atom is 0.318 e. The summed E-state index contributed by atoms with van der Waals surface area (Å²) in [6.45, 7) is -0.204. The lowest BCUT2D eigenvalue weighted by atomic mass is 10.4. The smallest absolute Gasteiger partial charge is 0.318 e. The number of aromatic nitrogens is 6. The lowest BCUT2D eigenvalue weighted by Crippen LogP contribution is -2.17. The first-order valence-electron chi connectivity index (χ1n) is 5.20. The molecule has 10 heteroatoms. The highest BCUT2D eigenvalue weighted by Gasteiger charge is 2.12. The van der Waals surface area contributed by atoms with Gasteiger partial charge >= 0.3 is 11.9 Å². The van der Waals surface area contributed by atoms with E-state index in [1.165, 1.54) is 34.7 Å². The van der Waals surface area contributed by atoms with Crippen LogP contribution in [0.2, 0.25) is 0 Å². The monoisotopic (exact) mass is 266 g/mol. The van der Waals surface area contributed by atoms with Crippen LogP contribution >= 0.6 is 0 Å². The molecule has 0 bridgehead atoms. The summed E-state index contributed by atoms with van der Waals surface area (Å²) in [5.41, 5.74) is 0. The van der Waals surface area contributed by atoms with Gasteiger partial charge in [0.15, 0.2) is 13.5 Å². The van der Waals surface area contributed by atoms with Crippen molar-refractivity contribution < 1.29 is 19.1 Å². The molecule has 0 radical (unpaired) electrons. The fraction of sp³-hybridized carbons (Fsp3) is 0.333. The van der Waals surface area contributed by atoms with Gasteiger partial charge in [0.25, 0.3) is 0 Å². The third kappa shape index (κ3) is 4.18. The highest BCUT2D eigenvalue weighted by atomic mass is 16.6. The summed E-state index contributed by atoms with van der Waals surface area (Å²) in [4.78, 5) is 29.9. The van der Waals surface area contributed by atoms with Crippen molar-refractivity contribution in [3.8, 4) is 0 Å². The van der Waals surface area contributed by atoms with Gasteiger partial charge in [-0.2, -0.15) is 10.2 Å². The summed E-state index contributed by atoms with van der Waals surface area (Å²) >= 11 is 0. The Balaban J connectivity index is 1.65. The molecule has 10 nitrogen and oxygen atoms in total. The van der Waals surface area contributed by atoms with Gasteiger partial charge in [-0.15, -0.1) is 0 Å². The van der Waals surface area contributed by atoms with Gasteiger partial charge in [0.1, 0.15) is 31.7 Å². The number of esters is 2. The lowest BCUT2D eigenvalue weighted by Gasteiger charge is -2.05. The van der Waals surface area contributed by atoms with Crippen LogP contribution in [0.4, 0.5) is 0 Å². The number of rotatable bonds is 6. The van der Waals surface area contributed by atoms with Crippen molar-refractivity contribution >= 4 is 11.9 Å². The minimum absolute atomic E-state index is 0.102. The molecule has 0 fully saturated rings. The van der Waals surface area contributed by atoms with Gasteiger partial charge in [-0.1, -0.05) is 0 Å². The lowest BCUT2D eigenvalue weighted by molar-refractivity contribution is -0.159. The molecule has 19 heavy (non-hydrogen) atoms. The molecule has 2 heterocycles. The zero-order valence-electron chi connectivity index (χ0n) is 9.75. The SMILES string of the molecule is O=C(CC(=O)OCn1cncn1)OCn1cncn1. The summed E-state index contributed by atoms with van der Waals surface area (Å²) in [6.07, 6.45) is 4.90. The molecule has 0 atom stereocenters. The Bertz CT molecular complexity index is 475. The molecular weight excluding hydrogens is 256 g/mol. The molecular formula is C9H10N6O4. The maximum absolute atomic E-state index is 11.3. The maximum atomic E-state index is 11.3. The minimum atomic E-state index is -0.709. The molecule has 0 spiro atoms. The molecule has 0 unspecified atom stereocenters. The van der Waals surface area contributed by atoms with Crippen LogP contribution in [-0.2, 0) is 32.5 Å². The molecule has 0 aromatic carbocycles. The van der Waals surface area contributed by atoms with Gasteiger partial charge in [0.05, 0.1) is 0 Å². The Kier molecular flexibility index (Phi) is 4.16. The third-order valence-electron chi connectivity index (χ3n) is 1.94. The number of carbonyl (C=O) groups excluding carboxylic acids is 2.